The van der Waals surface area contributed by atoms with Crippen LogP contribution in [0.15, 0.2) is 104 Å². The second kappa shape index (κ2) is 16.4. The molecule has 280 valence electrons. The summed E-state index contributed by atoms with van der Waals surface area (Å²) in [7, 11) is 1.21. The van der Waals surface area contributed by atoms with E-state index in [1.54, 1.807) is 48.5 Å². The summed E-state index contributed by atoms with van der Waals surface area (Å²) in [4.78, 5) is 104. The van der Waals surface area contributed by atoms with Gasteiger partial charge in [-0.3, -0.25) is 28.9 Å². The van der Waals surface area contributed by atoms with Crippen molar-refractivity contribution in [3.8, 4) is 5.75 Å². The number of nitrogens with one attached hydrogen (secondary N) is 2. The number of carbonyl (C=O) groups excluding carboxylic acids is 4. The van der Waals surface area contributed by atoms with E-state index < -0.39 is 77.3 Å². The molecule has 4 aromatic rings. The number of ether oxygens (including phenoxy) is 1. The number of amides is 3. The molecule has 6 rings (SSSR count). The number of aromatic nitrogens is 1. The van der Waals surface area contributed by atoms with Crippen LogP contribution < -0.4 is 26.8 Å². The van der Waals surface area contributed by atoms with Crippen molar-refractivity contribution in [1.82, 2.24) is 20.1 Å². The van der Waals surface area contributed by atoms with Crippen molar-refractivity contribution in [2.24, 2.45) is 0 Å². The summed E-state index contributed by atoms with van der Waals surface area (Å²) < 4.78 is 11.3. The Bertz CT molecular complexity index is 2260. The van der Waals surface area contributed by atoms with Crippen LogP contribution in [-0.2, 0) is 40.2 Å². The highest BCUT2D eigenvalue weighted by Gasteiger charge is 2.54. The average Bonchev–Trinajstić information content (AvgIpc) is 3.17. The monoisotopic (exact) mass is 778 g/mol. The molecule has 3 aromatic carbocycles. The molecule has 4 atom stereocenters. The number of para-hydroxylation sites is 1. The lowest BCUT2D eigenvalue weighted by molar-refractivity contribution is -0.177. The molecule has 3 N–H and O–H groups in total. The summed E-state index contributed by atoms with van der Waals surface area (Å²) in [6.07, 6.45) is -0.871. The van der Waals surface area contributed by atoms with Crippen LogP contribution in [0.1, 0.15) is 36.1 Å². The SMILES string of the molecule is COOc1cccc2c(=O)n([C@@H](CCC(=O)OCc3ccccc3)C(=O)N[C@@H](C(=O)N[C@@H]3C(=O)N4C(C(=O)O)=C(Cl)CSC34)c3ccccc3)c(=O)oc12. The first-order valence-electron chi connectivity index (χ1n) is 16.3. The highest BCUT2D eigenvalue weighted by molar-refractivity contribution is 8.00. The van der Waals surface area contributed by atoms with Crippen LogP contribution in [-0.4, -0.2) is 68.5 Å². The molecule has 1 saturated heterocycles. The number of benzene rings is 3. The quantitative estimate of drug-likeness (QED) is 0.0728. The molecule has 16 nitrogen and oxygen atoms in total. The van der Waals surface area contributed by atoms with Gasteiger partial charge >= 0.3 is 17.7 Å². The van der Waals surface area contributed by atoms with E-state index in [2.05, 4.69) is 15.5 Å². The Balaban J connectivity index is 1.30. The van der Waals surface area contributed by atoms with Gasteiger partial charge in [0, 0.05) is 12.2 Å². The maximum atomic E-state index is 14.3. The van der Waals surface area contributed by atoms with Crippen LogP contribution in [0.5, 0.6) is 5.75 Å². The van der Waals surface area contributed by atoms with Crippen molar-refractivity contribution in [1.29, 1.82) is 0 Å². The topological polar surface area (TPSA) is 213 Å². The molecule has 0 radical (unpaired) electrons. The predicted molar refractivity (Wildman–Crippen MR) is 192 cm³/mol. The van der Waals surface area contributed by atoms with Crippen molar-refractivity contribution in [2.75, 3.05) is 12.9 Å². The molecule has 1 unspecified atom stereocenters. The number of aliphatic carboxylic acids is 1. The van der Waals surface area contributed by atoms with Crippen LogP contribution in [0.3, 0.4) is 0 Å². The smallest absolute Gasteiger partial charge is 0.423 e. The fourth-order valence-corrected chi connectivity index (χ4v) is 7.56. The first kappa shape index (κ1) is 37.8. The van der Waals surface area contributed by atoms with Crippen LogP contribution in [0.4, 0.5) is 0 Å². The molecule has 54 heavy (non-hydrogen) atoms. The normalized spacial score (nSPS) is 17.5. The molecule has 3 amide bonds. The van der Waals surface area contributed by atoms with Crippen molar-refractivity contribution in [3.05, 3.63) is 122 Å². The zero-order valence-electron chi connectivity index (χ0n) is 28.3. The van der Waals surface area contributed by atoms with Gasteiger partial charge in [0.1, 0.15) is 35.8 Å². The Kier molecular flexibility index (Phi) is 11.5. The van der Waals surface area contributed by atoms with E-state index in [9.17, 15) is 38.7 Å². The largest absolute Gasteiger partial charge is 0.477 e. The Labute approximate surface area is 314 Å². The fourth-order valence-electron chi connectivity index (χ4n) is 6.01. The van der Waals surface area contributed by atoms with Crippen molar-refractivity contribution in [2.45, 2.75) is 42.9 Å². The van der Waals surface area contributed by atoms with E-state index in [0.29, 0.717) is 10.1 Å². The van der Waals surface area contributed by atoms with Crippen LogP contribution in [0.2, 0.25) is 0 Å². The first-order chi connectivity index (χ1) is 26.0. The van der Waals surface area contributed by atoms with Gasteiger partial charge in [-0.1, -0.05) is 78.3 Å². The molecule has 0 spiro atoms. The molecule has 0 saturated carbocycles. The lowest BCUT2D eigenvalue weighted by Gasteiger charge is -2.49. The number of nitrogens with zero attached hydrogens (tertiary/aromatic N) is 2. The summed E-state index contributed by atoms with van der Waals surface area (Å²) in [5.74, 6) is -6.02. The number of esters is 1. The Morgan fingerprint density at radius 3 is 2.37 bits per heavy atom. The molecule has 1 fully saturated rings. The van der Waals surface area contributed by atoms with Gasteiger partial charge in [0.2, 0.25) is 17.6 Å². The van der Waals surface area contributed by atoms with Gasteiger partial charge in [0.05, 0.1) is 17.5 Å². The number of β-lactam (4-membered cyclic amide) rings is 1. The number of carbonyl (C=O) groups is 5. The molecule has 2 aliphatic heterocycles. The lowest BCUT2D eigenvalue weighted by Crippen LogP contribution is -2.71. The minimum Gasteiger partial charge on any atom is -0.477 e. The van der Waals surface area contributed by atoms with Crippen LogP contribution >= 0.6 is 23.4 Å². The van der Waals surface area contributed by atoms with E-state index in [1.165, 1.54) is 37.4 Å². The molecular weight excluding hydrogens is 748 g/mol. The highest BCUT2D eigenvalue weighted by Crippen LogP contribution is 2.41. The Morgan fingerprint density at radius 1 is 0.981 bits per heavy atom. The number of carboxylic acids is 1. The number of hydrogen-bond acceptors (Lipinski definition) is 12. The van der Waals surface area contributed by atoms with Gasteiger partial charge in [-0.2, -0.15) is 4.89 Å². The van der Waals surface area contributed by atoms with E-state index in [4.69, 9.17) is 25.6 Å². The molecule has 18 heteroatoms. The summed E-state index contributed by atoms with van der Waals surface area (Å²) in [6, 6.07) is 16.5. The molecule has 3 heterocycles. The maximum Gasteiger partial charge on any atom is 0.423 e. The van der Waals surface area contributed by atoms with Gasteiger partial charge in [0.15, 0.2) is 5.58 Å². The third-order valence-electron chi connectivity index (χ3n) is 8.57. The first-order valence-corrected chi connectivity index (χ1v) is 17.7. The summed E-state index contributed by atoms with van der Waals surface area (Å²) >= 11 is 7.23. The van der Waals surface area contributed by atoms with Crippen molar-refractivity contribution in [3.63, 3.8) is 0 Å². The van der Waals surface area contributed by atoms with Crippen LogP contribution in [0, 0.1) is 0 Å². The number of halogens is 1. The van der Waals surface area contributed by atoms with Gasteiger partial charge in [0.25, 0.3) is 11.5 Å². The predicted octanol–water partition coefficient (Wildman–Crippen LogP) is 2.75. The second-order valence-corrected chi connectivity index (χ2v) is 13.5. The average molecular weight is 779 g/mol. The van der Waals surface area contributed by atoms with E-state index >= 15 is 0 Å². The Hall–Kier alpha value is -5.91. The van der Waals surface area contributed by atoms with Gasteiger partial charge in [-0.15, -0.1) is 11.8 Å². The third-order valence-corrected chi connectivity index (χ3v) is 10.3. The second-order valence-electron chi connectivity index (χ2n) is 11.9. The molecular formula is C36H31ClN4O12S. The van der Waals surface area contributed by atoms with E-state index in [1.807, 2.05) is 0 Å². The zero-order valence-corrected chi connectivity index (χ0v) is 29.8. The van der Waals surface area contributed by atoms with Crippen LogP contribution in [0.25, 0.3) is 11.0 Å². The third kappa shape index (κ3) is 7.73. The Morgan fingerprint density at radius 2 is 1.69 bits per heavy atom. The van der Waals surface area contributed by atoms with Gasteiger partial charge in [-0.05, 0) is 29.7 Å². The number of carboxylic acid groups (broad SMARTS) is 1. The molecule has 0 aliphatic carbocycles. The van der Waals surface area contributed by atoms with Crippen molar-refractivity contribution >= 4 is 64.0 Å². The van der Waals surface area contributed by atoms with E-state index in [0.717, 1.165) is 16.7 Å². The summed E-state index contributed by atoms with van der Waals surface area (Å²) in [5, 5.41) is 13.8. The molecule has 2 aliphatic rings. The fraction of sp³-hybridized carbons (Fsp3) is 0.250. The standard InChI is InChI=1S/C36H31ClN4O12S/c1-50-53-24-14-8-13-21-29(24)52-36(49)40(32(21)45)23(15-16-25(42)51-17-19-9-4-2-5-10-19)30(43)38-26(20-11-6-3-7-12-20)31(44)39-27-33(46)41-28(35(47)48)22(37)18-54-34(27)41/h2-14,23,26-27,34H,15-18H2,1H3,(H,38,43)(H,39,44)(H,47,48)/t23-,26+,27+,34?/m0/s1. The molecule has 1 aromatic heterocycles. The number of hydrogen-bond donors (Lipinski definition) is 3. The zero-order chi connectivity index (χ0) is 38.5. The van der Waals surface area contributed by atoms with Gasteiger partial charge < -0.3 is 29.8 Å². The lowest BCUT2D eigenvalue weighted by atomic mass is 10.0. The minimum atomic E-state index is -1.71. The summed E-state index contributed by atoms with van der Waals surface area (Å²) in [6.45, 7) is -0.0698. The minimum absolute atomic E-state index is 0.0258. The van der Waals surface area contributed by atoms with Gasteiger partial charge in [-0.25, -0.2) is 14.2 Å². The van der Waals surface area contributed by atoms with Crippen molar-refractivity contribution < 1.29 is 48.0 Å². The molecule has 0 bridgehead atoms. The summed E-state index contributed by atoms with van der Waals surface area (Å²) in [5.41, 5.74) is -0.630. The number of rotatable bonds is 14. The highest BCUT2D eigenvalue weighted by atomic mass is 35.5. The number of thioether (sulfide) groups is 1. The number of fused-ring (bicyclic) bond motifs is 2. The van der Waals surface area contributed by atoms with E-state index in [-0.39, 0.29) is 45.4 Å². The maximum absolute atomic E-state index is 14.3.